The molecule has 2 aromatic carbocycles. The summed E-state index contributed by atoms with van der Waals surface area (Å²) in [6.07, 6.45) is 0. The Hall–Kier alpha value is -0.691. The van der Waals surface area contributed by atoms with Gasteiger partial charge in [-0.05, 0) is 24.3 Å². The molecule has 72 valence electrons. The minimum atomic E-state index is 0. The first-order valence-corrected chi connectivity index (χ1v) is 5.05. The fourth-order valence-corrected chi connectivity index (χ4v) is 1.97. The van der Waals surface area contributed by atoms with E-state index in [0.717, 1.165) is 0 Å². The number of benzene rings is 2. The Morgan fingerprint density at radius 1 is 0.571 bits per heavy atom. The van der Waals surface area contributed by atoms with Gasteiger partial charge < -0.3 is 0 Å². The van der Waals surface area contributed by atoms with Gasteiger partial charge >= 0.3 is 17.1 Å². The molecule has 14 heavy (non-hydrogen) atoms. The minimum Gasteiger partial charge on any atom is -0.0901 e. The van der Waals surface area contributed by atoms with Crippen molar-refractivity contribution in [3.05, 3.63) is 60.7 Å². The van der Waals surface area contributed by atoms with Crippen LogP contribution in [0.1, 0.15) is 0 Å². The van der Waals surface area contributed by atoms with Crippen LogP contribution in [0.25, 0.3) is 0 Å². The van der Waals surface area contributed by atoms with E-state index >= 15 is 0 Å². The molecule has 0 aliphatic rings. The van der Waals surface area contributed by atoms with E-state index in [0.29, 0.717) is 0 Å². The predicted octanol–water partition coefficient (Wildman–Crippen LogP) is 2.92. The quantitative estimate of drug-likeness (QED) is 0.754. The average Bonchev–Trinajstić information content (AvgIpc) is 2.21. The maximum atomic E-state index is 2.12. The van der Waals surface area contributed by atoms with Crippen molar-refractivity contribution in [2.45, 2.75) is 9.79 Å². The van der Waals surface area contributed by atoms with Gasteiger partial charge in [-0.1, -0.05) is 48.2 Å². The van der Waals surface area contributed by atoms with Gasteiger partial charge in [0.15, 0.2) is 0 Å². The molecule has 0 saturated heterocycles. The van der Waals surface area contributed by atoms with Gasteiger partial charge in [0.25, 0.3) is 0 Å². The molecule has 0 amide bonds. The van der Waals surface area contributed by atoms with Gasteiger partial charge in [0.05, 0.1) is 0 Å². The molecule has 0 nitrogen and oxygen atoms in total. The Kier molecular flexibility index (Phi) is 4.81. The van der Waals surface area contributed by atoms with E-state index in [2.05, 4.69) is 48.5 Å². The number of hydrogen-bond acceptors (Lipinski definition) is 1. The van der Waals surface area contributed by atoms with Crippen LogP contribution in [-0.4, -0.2) is 17.1 Å². The average molecular weight is 267 g/mol. The van der Waals surface area contributed by atoms with Crippen molar-refractivity contribution in [3.8, 4) is 0 Å². The molecule has 2 rings (SSSR count). The van der Waals surface area contributed by atoms with Crippen molar-refractivity contribution in [2.75, 3.05) is 0 Å². The van der Waals surface area contributed by atoms with Crippen molar-refractivity contribution in [3.63, 3.8) is 0 Å². The molecule has 2 aromatic rings. The van der Waals surface area contributed by atoms with Crippen LogP contribution < -0.4 is 0 Å². The zero-order valence-electron chi connectivity index (χ0n) is 7.68. The monoisotopic (exact) mass is 268 g/mol. The van der Waals surface area contributed by atoms with E-state index in [1.54, 1.807) is 11.8 Å². The Bertz CT molecular complexity index is 321. The second kappa shape index (κ2) is 5.92. The number of hydrogen-bond donors (Lipinski definition) is 0. The fourth-order valence-electron chi connectivity index (χ4n) is 1.11. The molecular formula is C12H12SSe. The van der Waals surface area contributed by atoms with Gasteiger partial charge in [-0.25, -0.2) is 0 Å². The van der Waals surface area contributed by atoms with Crippen LogP contribution in [0.4, 0.5) is 0 Å². The zero-order chi connectivity index (χ0) is 8.93. The molecule has 0 saturated carbocycles. The topological polar surface area (TPSA) is 0 Å². The fraction of sp³-hybridized carbons (Fsp3) is 0. The molecule has 0 aliphatic heterocycles. The molecule has 0 heterocycles. The molecule has 0 bridgehead atoms. The summed E-state index contributed by atoms with van der Waals surface area (Å²) in [5.74, 6) is 0. The van der Waals surface area contributed by atoms with Crippen LogP contribution in [0, 0.1) is 0 Å². The van der Waals surface area contributed by atoms with E-state index in [4.69, 9.17) is 0 Å². The van der Waals surface area contributed by atoms with Gasteiger partial charge in [-0.3, -0.25) is 0 Å². The third-order valence-electron chi connectivity index (χ3n) is 1.72. The molecule has 0 radical (unpaired) electrons. The Labute approximate surface area is 99.2 Å². The largest absolute Gasteiger partial charge is 0.0901 e. The summed E-state index contributed by atoms with van der Waals surface area (Å²) in [5.41, 5.74) is 0. The molecule has 2 heteroatoms. The third-order valence-corrected chi connectivity index (χ3v) is 2.74. The minimum absolute atomic E-state index is 0. The van der Waals surface area contributed by atoms with Gasteiger partial charge in [0.1, 0.15) is 0 Å². The maximum Gasteiger partial charge on any atom is 0.0122 e. The summed E-state index contributed by atoms with van der Waals surface area (Å²) >= 11 is 1.79. The Balaban J connectivity index is 0.000000980. The van der Waals surface area contributed by atoms with E-state index in [1.807, 2.05) is 12.1 Å². The molecular weight excluding hydrogens is 255 g/mol. The Morgan fingerprint density at radius 2 is 0.929 bits per heavy atom. The van der Waals surface area contributed by atoms with Crippen LogP contribution in [0.15, 0.2) is 70.5 Å². The SMILES string of the molecule is [SeH2].c1ccc(Sc2ccccc2)cc1. The van der Waals surface area contributed by atoms with Gasteiger partial charge in [-0.15, -0.1) is 0 Å². The standard InChI is InChI=1S/C12H10S.H2Se/c1-3-7-11(8-4-1)13-12-9-5-2-6-10-12;/h1-10H;1H2. The van der Waals surface area contributed by atoms with Gasteiger partial charge in [-0.2, -0.15) is 0 Å². The van der Waals surface area contributed by atoms with Crippen molar-refractivity contribution >= 4 is 28.8 Å². The van der Waals surface area contributed by atoms with E-state index in [-0.39, 0.29) is 17.1 Å². The second-order valence-electron chi connectivity index (χ2n) is 2.73. The van der Waals surface area contributed by atoms with Gasteiger partial charge in [0.2, 0.25) is 0 Å². The van der Waals surface area contributed by atoms with Crippen LogP contribution in [-0.2, 0) is 0 Å². The summed E-state index contributed by atoms with van der Waals surface area (Å²) in [6, 6.07) is 20.8. The molecule has 0 spiro atoms. The smallest absolute Gasteiger partial charge is 0.0122 e. The van der Waals surface area contributed by atoms with E-state index < -0.39 is 0 Å². The van der Waals surface area contributed by atoms with Crippen LogP contribution >= 0.6 is 11.8 Å². The first kappa shape index (κ1) is 11.4. The van der Waals surface area contributed by atoms with Crippen molar-refractivity contribution in [2.24, 2.45) is 0 Å². The predicted molar refractivity (Wildman–Crippen MR) is 65.6 cm³/mol. The van der Waals surface area contributed by atoms with Crippen LogP contribution in [0.5, 0.6) is 0 Å². The van der Waals surface area contributed by atoms with Crippen LogP contribution in [0.2, 0.25) is 0 Å². The first-order valence-electron chi connectivity index (χ1n) is 4.23. The molecule has 0 unspecified atom stereocenters. The first-order chi connectivity index (χ1) is 6.45. The second-order valence-corrected chi connectivity index (χ2v) is 3.88. The molecule has 0 fully saturated rings. The van der Waals surface area contributed by atoms with Gasteiger partial charge in [0, 0.05) is 9.79 Å². The normalized spacial score (nSPS) is 9.14. The van der Waals surface area contributed by atoms with Crippen LogP contribution in [0.3, 0.4) is 0 Å². The van der Waals surface area contributed by atoms with E-state index in [9.17, 15) is 0 Å². The molecule has 0 aliphatic carbocycles. The van der Waals surface area contributed by atoms with Crippen molar-refractivity contribution in [1.29, 1.82) is 0 Å². The van der Waals surface area contributed by atoms with Crippen molar-refractivity contribution in [1.82, 2.24) is 0 Å². The maximum absolute atomic E-state index is 2.12. The summed E-state index contributed by atoms with van der Waals surface area (Å²) in [7, 11) is 0. The molecule has 0 atom stereocenters. The van der Waals surface area contributed by atoms with Crippen molar-refractivity contribution < 1.29 is 0 Å². The van der Waals surface area contributed by atoms with E-state index in [1.165, 1.54) is 9.79 Å². The molecule has 0 aromatic heterocycles. The zero-order valence-corrected chi connectivity index (χ0v) is 10.6. The molecule has 0 N–H and O–H groups in total. The summed E-state index contributed by atoms with van der Waals surface area (Å²) in [6.45, 7) is 0. The number of rotatable bonds is 2. The Morgan fingerprint density at radius 3 is 1.29 bits per heavy atom. The summed E-state index contributed by atoms with van der Waals surface area (Å²) < 4.78 is 0. The summed E-state index contributed by atoms with van der Waals surface area (Å²) in [4.78, 5) is 2.57. The third kappa shape index (κ3) is 3.22. The summed E-state index contributed by atoms with van der Waals surface area (Å²) in [5, 5.41) is 0.